The van der Waals surface area contributed by atoms with Gasteiger partial charge in [-0.1, -0.05) is 32.9 Å². The van der Waals surface area contributed by atoms with Gasteiger partial charge in [-0.3, -0.25) is 0 Å². The third-order valence-electron chi connectivity index (χ3n) is 4.13. The molecule has 0 amide bonds. The highest BCUT2D eigenvalue weighted by Gasteiger charge is 2.21. The maximum Gasteiger partial charge on any atom is 0.0233 e. The van der Waals surface area contributed by atoms with E-state index < -0.39 is 0 Å². The van der Waals surface area contributed by atoms with Crippen molar-refractivity contribution in [3.05, 3.63) is 34.4 Å². The van der Waals surface area contributed by atoms with Crippen LogP contribution in [0.3, 0.4) is 0 Å². The lowest BCUT2D eigenvalue weighted by atomic mass is 9.81. The number of fused-ring (bicyclic) bond motifs is 1. The van der Waals surface area contributed by atoms with Crippen LogP contribution in [-0.4, -0.2) is 25.0 Å². The Morgan fingerprint density at radius 1 is 1.26 bits per heavy atom. The topological polar surface area (TPSA) is 29.3 Å². The van der Waals surface area contributed by atoms with Crippen molar-refractivity contribution in [1.29, 1.82) is 0 Å². The number of hydrogen-bond donors (Lipinski definition) is 1. The van der Waals surface area contributed by atoms with Gasteiger partial charge in [0.1, 0.15) is 0 Å². The average Bonchev–Trinajstić information content (AvgIpc) is 2.33. The Hall–Kier alpha value is -0.860. The fourth-order valence-electron chi connectivity index (χ4n) is 2.88. The number of likely N-dealkylation sites (N-methyl/N-ethyl adjacent to an activating group) is 1. The van der Waals surface area contributed by atoms with Crippen LogP contribution in [-0.2, 0) is 24.8 Å². The molecule has 2 nitrogen and oxygen atoms in total. The molecule has 0 unspecified atom stereocenters. The zero-order valence-corrected chi connectivity index (χ0v) is 12.9. The highest BCUT2D eigenvalue weighted by atomic mass is 15.1. The average molecular weight is 260 g/mol. The molecule has 0 saturated heterocycles. The second-order valence-electron chi connectivity index (χ2n) is 6.90. The van der Waals surface area contributed by atoms with Crippen molar-refractivity contribution < 1.29 is 0 Å². The fraction of sp³-hybridized carbons (Fsp3) is 0.647. The zero-order valence-electron chi connectivity index (χ0n) is 12.9. The van der Waals surface area contributed by atoms with Crippen LogP contribution in [0.15, 0.2) is 12.1 Å². The van der Waals surface area contributed by atoms with Crippen LogP contribution < -0.4 is 5.73 Å². The summed E-state index contributed by atoms with van der Waals surface area (Å²) in [5.41, 5.74) is 12.1. The maximum absolute atomic E-state index is 5.69. The number of rotatable bonds is 3. The zero-order chi connectivity index (χ0) is 14.0. The molecule has 19 heavy (non-hydrogen) atoms. The minimum atomic E-state index is 0.225. The second-order valence-corrected chi connectivity index (χ2v) is 6.90. The summed E-state index contributed by atoms with van der Waals surface area (Å²) in [4.78, 5) is 2.42. The van der Waals surface area contributed by atoms with E-state index in [0.717, 1.165) is 25.9 Å². The van der Waals surface area contributed by atoms with Crippen molar-refractivity contribution in [2.75, 3.05) is 20.1 Å². The lowest BCUT2D eigenvalue weighted by Gasteiger charge is -2.30. The van der Waals surface area contributed by atoms with Crippen LogP contribution in [0.25, 0.3) is 0 Å². The van der Waals surface area contributed by atoms with Crippen molar-refractivity contribution in [2.24, 2.45) is 5.73 Å². The van der Waals surface area contributed by atoms with E-state index >= 15 is 0 Å². The number of aryl methyl sites for hydroxylation is 1. The molecule has 1 heterocycles. The van der Waals surface area contributed by atoms with E-state index in [1.165, 1.54) is 24.1 Å². The summed E-state index contributed by atoms with van der Waals surface area (Å²) < 4.78 is 0. The van der Waals surface area contributed by atoms with E-state index in [2.05, 4.69) is 44.9 Å². The Morgan fingerprint density at radius 3 is 2.63 bits per heavy atom. The third kappa shape index (κ3) is 3.37. The fourth-order valence-corrected chi connectivity index (χ4v) is 2.88. The Balaban J connectivity index is 2.42. The highest BCUT2D eigenvalue weighted by molar-refractivity contribution is 5.43. The molecule has 0 bridgehead atoms. The minimum absolute atomic E-state index is 0.225. The van der Waals surface area contributed by atoms with Gasteiger partial charge >= 0.3 is 0 Å². The number of nitrogens with two attached hydrogens (primary N) is 1. The summed E-state index contributed by atoms with van der Waals surface area (Å²) in [5, 5.41) is 0. The molecule has 2 rings (SSSR count). The van der Waals surface area contributed by atoms with Gasteiger partial charge in [-0.25, -0.2) is 0 Å². The molecule has 1 aromatic carbocycles. The van der Waals surface area contributed by atoms with E-state index in [-0.39, 0.29) is 5.41 Å². The molecule has 0 fully saturated rings. The molecule has 0 aromatic heterocycles. The molecule has 1 aliphatic rings. The molecule has 106 valence electrons. The third-order valence-corrected chi connectivity index (χ3v) is 4.13. The lowest BCUT2D eigenvalue weighted by Crippen LogP contribution is -2.28. The molecular formula is C17H28N2. The number of hydrogen-bond acceptors (Lipinski definition) is 2. The quantitative estimate of drug-likeness (QED) is 0.905. The van der Waals surface area contributed by atoms with E-state index in [1.54, 1.807) is 11.1 Å². The Morgan fingerprint density at radius 2 is 2.00 bits per heavy atom. The first-order valence-electron chi connectivity index (χ1n) is 7.45. The van der Waals surface area contributed by atoms with E-state index in [1.807, 2.05) is 0 Å². The molecule has 2 N–H and O–H groups in total. The van der Waals surface area contributed by atoms with Crippen LogP contribution in [0.1, 0.15) is 49.4 Å². The summed E-state index contributed by atoms with van der Waals surface area (Å²) in [6, 6.07) is 4.86. The summed E-state index contributed by atoms with van der Waals surface area (Å²) >= 11 is 0. The first-order chi connectivity index (χ1) is 8.91. The summed E-state index contributed by atoms with van der Waals surface area (Å²) in [6.07, 6.45) is 3.42. The normalized spacial score (nSPS) is 16.5. The SMILES string of the molecule is CN1CCc2c(CCCN)cc(C(C)(C)C)cc2C1. The van der Waals surface area contributed by atoms with Gasteiger partial charge in [0.05, 0.1) is 0 Å². The summed E-state index contributed by atoms with van der Waals surface area (Å²) in [7, 11) is 2.21. The van der Waals surface area contributed by atoms with Crippen molar-refractivity contribution >= 4 is 0 Å². The predicted molar refractivity (Wildman–Crippen MR) is 82.6 cm³/mol. The molecule has 0 atom stereocenters. The molecule has 0 aliphatic carbocycles. The van der Waals surface area contributed by atoms with Gasteiger partial charge in [0.15, 0.2) is 0 Å². The van der Waals surface area contributed by atoms with Gasteiger partial charge < -0.3 is 10.6 Å². The summed E-state index contributed by atoms with van der Waals surface area (Å²) in [6.45, 7) is 9.96. The van der Waals surface area contributed by atoms with E-state index in [9.17, 15) is 0 Å². The van der Waals surface area contributed by atoms with Gasteiger partial charge in [0.2, 0.25) is 0 Å². The van der Waals surface area contributed by atoms with Gasteiger partial charge in [0.25, 0.3) is 0 Å². The van der Waals surface area contributed by atoms with Crippen LogP contribution in [0.5, 0.6) is 0 Å². The Labute approximate surface area is 118 Å². The smallest absolute Gasteiger partial charge is 0.0233 e. The first kappa shape index (κ1) is 14.5. The van der Waals surface area contributed by atoms with Gasteiger partial charge in [0, 0.05) is 13.1 Å². The number of nitrogens with zero attached hydrogens (tertiary/aromatic N) is 1. The monoisotopic (exact) mass is 260 g/mol. The lowest BCUT2D eigenvalue weighted by molar-refractivity contribution is 0.311. The van der Waals surface area contributed by atoms with Crippen LogP contribution in [0.4, 0.5) is 0 Å². The van der Waals surface area contributed by atoms with E-state index in [4.69, 9.17) is 5.73 Å². The van der Waals surface area contributed by atoms with Crippen LogP contribution >= 0.6 is 0 Å². The van der Waals surface area contributed by atoms with Gasteiger partial charge in [-0.05, 0) is 60.5 Å². The van der Waals surface area contributed by atoms with E-state index in [0.29, 0.717) is 0 Å². The molecule has 0 spiro atoms. The van der Waals surface area contributed by atoms with Crippen LogP contribution in [0.2, 0.25) is 0 Å². The molecular weight excluding hydrogens is 232 g/mol. The van der Waals surface area contributed by atoms with Gasteiger partial charge in [-0.2, -0.15) is 0 Å². The Bertz CT molecular complexity index is 443. The first-order valence-corrected chi connectivity index (χ1v) is 7.45. The maximum atomic E-state index is 5.69. The van der Waals surface area contributed by atoms with Crippen molar-refractivity contribution in [1.82, 2.24) is 4.90 Å². The molecule has 2 heteroatoms. The second kappa shape index (κ2) is 5.64. The molecule has 0 saturated carbocycles. The predicted octanol–water partition coefficient (Wildman–Crippen LogP) is 2.86. The standard InChI is InChI=1S/C17H28N2/c1-17(2,3)15-10-13(6-5-8-18)16-7-9-19(4)12-14(16)11-15/h10-11H,5-9,12,18H2,1-4H3. The number of benzene rings is 1. The van der Waals surface area contributed by atoms with Crippen LogP contribution in [0, 0.1) is 0 Å². The van der Waals surface area contributed by atoms with Gasteiger partial charge in [-0.15, -0.1) is 0 Å². The summed E-state index contributed by atoms with van der Waals surface area (Å²) in [5.74, 6) is 0. The van der Waals surface area contributed by atoms with Crippen molar-refractivity contribution in [3.8, 4) is 0 Å². The molecule has 1 aromatic rings. The minimum Gasteiger partial charge on any atom is -0.330 e. The van der Waals surface area contributed by atoms with Crippen molar-refractivity contribution in [2.45, 2.75) is 52.0 Å². The Kier molecular flexibility index (Phi) is 4.32. The molecule has 1 aliphatic heterocycles. The van der Waals surface area contributed by atoms with Crippen molar-refractivity contribution in [3.63, 3.8) is 0 Å². The largest absolute Gasteiger partial charge is 0.330 e. The highest BCUT2D eigenvalue weighted by Crippen LogP contribution is 2.30. The molecule has 0 radical (unpaired) electrons.